The van der Waals surface area contributed by atoms with Gasteiger partial charge in [0.1, 0.15) is 6.54 Å². The van der Waals surface area contributed by atoms with Crippen molar-refractivity contribution in [3.63, 3.8) is 0 Å². The molecule has 2 aromatic rings. The van der Waals surface area contributed by atoms with E-state index in [4.69, 9.17) is 0 Å². The summed E-state index contributed by atoms with van der Waals surface area (Å²) in [5.74, 6) is -1.26. The molecule has 0 radical (unpaired) electrons. The zero-order chi connectivity index (χ0) is 25.9. The first-order valence-corrected chi connectivity index (χ1v) is 13.4. The number of carboxylic acid groups (broad SMARTS) is 1. The van der Waals surface area contributed by atoms with Crippen LogP contribution >= 0.6 is 0 Å². The fourth-order valence-electron chi connectivity index (χ4n) is 6.06. The second-order valence-corrected chi connectivity index (χ2v) is 10.5. The van der Waals surface area contributed by atoms with E-state index in [0.29, 0.717) is 31.5 Å². The topological polar surface area (TPSA) is 84.4 Å². The molecule has 3 aliphatic rings. The number of hydrogen-bond donors (Lipinski definition) is 1. The minimum Gasteiger partial charge on any atom is -0.480 e. The maximum Gasteiger partial charge on any atom is 0.324 e. The van der Waals surface area contributed by atoms with Gasteiger partial charge in [-0.15, -0.1) is 0 Å². The lowest BCUT2D eigenvalue weighted by molar-refractivity contribution is -0.138. The number of likely N-dealkylation sites (N-methyl/N-ethyl adjacent to an activating group) is 1. The number of carbonyl (C=O) groups excluding carboxylic acids is 2. The van der Waals surface area contributed by atoms with Gasteiger partial charge < -0.3 is 19.8 Å². The van der Waals surface area contributed by atoms with E-state index < -0.39 is 5.97 Å². The molecule has 5 rings (SSSR count). The molecule has 1 aliphatic carbocycles. The number of aliphatic carboxylic acids is 1. The molecular weight excluding hydrogens is 468 g/mol. The van der Waals surface area contributed by atoms with Crippen molar-refractivity contribution in [3.8, 4) is 0 Å². The van der Waals surface area contributed by atoms with Gasteiger partial charge in [0.05, 0.1) is 0 Å². The van der Waals surface area contributed by atoms with Gasteiger partial charge in [-0.2, -0.15) is 0 Å². The van der Waals surface area contributed by atoms with Crippen LogP contribution in [0.5, 0.6) is 0 Å². The third-order valence-electron chi connectivity index (χ3n) is 8.20. The zero-order valence-electron chi connectivity index (χ0n) is 21.5. The molecule has 8 heteroatoms. The van der Waals surface area contributed by atoms with E-state index in [1.807, 2.05) is 15.9 Å². The molecule has 37 heavy (non-hydrogen) atoms. The van der Waals surface area contributed by atoms with E-state index in [1.165, 1.54) is 16.0 Å². The number of urea groups is 1. The lowest BCUT2D eigenvalue weighted by Crippen LogP contribution is -2.48. The first-order chi connectivity index (χ1) is 17.9. The summed E-state index contributed by atoms with van der Waals surface area (Å²) in [7, 11) is 2.15. The monoisotopic (exact) mass is 504 g/mol. The predicted molar refractivity (Wildman–Crippen MR) is 142 cm³/mol. The van der Waals surface area contributed by atoms with Crippen LogP contribution in [0.2, 0.25) is 0 Å². The van der Waals surface area contributed by atoms with Crippen LogP contribution in [0.15, 0.2) is 48.5 Å². The quantitative estimate of drug-likeness (QED) is 0.651. The van der Waals surface area contributed by atoms with Crippen LogP contribution < -0.4 is 4.90 Å². The minimum atomic E-state index is -1.01. The van der Waals surface area contributed by atoms with Gasteiger partial charge in [-0.05, 0) is 81.0 Å². The maximum absolute atomic E-state index is 13.4. The molecule has 196 valence electrons. The Balaban J connectivity index is 1.22. The number of anilines is 1. The van der Waals surface area contributed by atoms with E-state index in [1.54, 1.807) is 24.3 Å². The number of carbonyl (C=O) groups is 3. The van der Waals surface area contributed by atoms with Gasteiger partial charge in [-0.3, -0.25) is 14.5 Å². The molecule has 0 spiro atoms. The van der Waals surface area contributed by atoms with Crippen LogP contribution in [-0.4, -0.2) is 89.6 Å². The summed E-state index contributed by atoms with van der Waals surface area (Å²) in [5.41, 5.74) is 4.20. The van der Waals surface area contributed by atoms with Crippen molar-refractivity contribution in [1.82, 2.24) is 14.7 Å². The Hall–Kier alpha value is -3.39. The van der Waals surface area contributed by atoms with Crippen molar-refractivity contribution in [2.24, 2.45) is 0 Å². The third kappa shape index (κ3) is 5.49. The van der Waals surface area contributed by atoms with Gasteiger partial charge >= 0.3 is 12.0 Å². The van der Waals surface area contributed by atoms with Crippen LogP contribution in [0.4, 0.5) is 10.5 Å². The van der Waals surface area contributed by atoms with E-state index in [2.05, 4.69) is 30.1 Å². The van der Waals surface area contributed by atoms with Crippen molar-refractivity contribution in [3.05, 3.63) is 65.2 Å². The lowest BCUT2D eigenvalue weighted by Gasteiger charge is -2.39. The molecule has 2 heterocycles. The van der Waals surface area contributed by atoms with Crippen LogP contribution in [0.1, 0.15) is 47.2 Å². The molecule has 0 aromatic heterocycles. The normalized spacial score (nSPS) is 22.5. The zero-order valence-corrected chi connectivity index (χ0v) is 21.5. The first kappa shape index (κ1) is 25.3. The van der Waals surface area contributed by atoms with Crippen molar-refractivity contribution in [2.45, 2.75) is 50.6 Å². The number of amides is 3. The average molecular weight is 505 g/mol. The molecule has 3 amide bonds. The fraction of sp³-hybridized carbons (Fsp3) is 0.483. The summed E-state index contributed by atoms with van der Waals surface area (Å²) >= 11 is 0. The Labute approximate surface area is 218 Å². The average Bonchev–Trinajstić information content (AvgIpc) is 3.20. The predicted octanol–water partition coefficient (Wildman–Crippen LogP) is 3.50. The largest absolute Gasteiger partial charge is 0.480 e. The lowest BCUT2D eigenvalue weighted by atomic mass is 9.89. The number of nitrogens with zero attached hydrogens (tertiary/aromatic N) is 4. The molecule has 2 aromatic carbocycles. The van der Waals surface area contributed by atoms with Gasteiger partial charge in [-0.1, -0.05) is 24.3 Å². The van der Waals surface area contributed by atoms with Crippen molar-refractivity contribution >= 4 is 23.6 Å². The van der Waals surface area contributed by atoms with Crippen LogP contribution in [0.25, 0.3) is 0 Å². The van der Waals surface area contributed by atoms with Gasteiger partial charge in [0, 0.05) is 49.5 Å². The van der Waals surface area contributed by atoms with Crippen molar-refractivity contribution < 1.29 is 19.5 Å². The van der Waals surface area contributed by atoms with Crippen molar-refractivity contribution in [2.75, 3.05) is 44.7 Å². The van der Waals surface area contributed by atoms with Crippen molar-refractivity contribution in [1.29, 1.82) is 0 Å². The smallest absolute Gasteiger partial charge is 0.324 e. The van der Waals surface area contributed by atoms with Gasteiger partial charge in [0.2, 0.25) is 0 Å². The number of rotatable bonds is 6. The first-order valence-electron chi connectivity index (χ1n) is 13.4. The molecule has 1 N–H and O–H groups in total. The second-order valence-electron chi connectivity index (χ2n) is 10.5. The summed E-state index contributed by atoms with van der Waals surface area (Å²) in [6.07, 6.45) is 4.95. The summed E-state index contributed by atoms with van der Waals surface area (Å²) < 4.78 is 0. The van der Waals surface area contributed by atoms with E-state index in [0.717, 1.165) is 44.5 Å². The van der Waals surface area contributed by atoms with Gasteiger partial charge in [0.25, 0.3) is 5.91 Å². The number of hydrogen-bond acceptors (Lipinski definition) is 4. The molecule has 0 unspecified atom stereocenters. The molecule has 2 aliphatic heterocycles. The standard InChI is InChI=1S/C29H36N4O4/c1-30-15-13-21-7-8-26(19-23(21)14-16-30)32-18-17-31(29(32)37)24-9-11-25(12-10-24)33(20-27(34)35)28(36)22-5-3-2-4-6-22/h2-8,19,24-25H,9-18,20H2,1H3,(H,34,35). The Bertz CT molecular complexity index is 1150. The van der Waals surface area contributed by atoms with Gasteiger partial charge in [-0.25, -0.2) is 4.79 Å². The Morgan fingerprint density at radius 1 is 0.919 bits per heavy atom. The van der Waals surface area contributed by atoms with Gasteiger partial charge in [0.15, 0.2) is 0 Å². The van der Waals surface area contributed by atoms with Crippen LogP contribution in [-0.2, 0) is 17.6 Å². The Morgan fingerprint density at radius 3 is 2.32 bits per heavy atom. The Kier molecular flexibility index (Phi) is 7.46. The molecule has 8 nitrogen and oxygen atoms in total. The summed E-state index contributed by atoms with van der Waals surface area (Å²) in [5, 5.41) is 9.45. The second kappa shape index (κ2) is 10.9. The highest BCUT2D eigenvalue weighted by Crippen LogP contribution is 2.32. The maximum atomic E-state index is 13.4. The Morgan fingerprint density at radius 2 is 1.62 bits per heavy atom. The molecule has 2 fully saturated rings. The SMILES string of the molecule is CN1CCc2ccc(N3CCN(C4CCC(N(CC(=O)O)C(=O)c5ccccc5)CC4)C3=O)cc2CC1. The molecule has 0 bridgehead atoms. The molecule has 1 saturated heterocycles. The highest BCUT2D eigenvalue weighted by Gasteiger charge is 2.38. The molecular formula is C29H36N4O4. The number of benzene rings is 2. The van der Waals surface area contributed by atoms with E-state index in [-0.39, 0.29) is 30.6 Å². The third-order valence-corrected chi connectivity index (χ3v) is 8.20. The van der Waals surface area contributed by atoms with Crippen LogP contribution in [0, 0.1) is 0 Å². The van der Waals surface area contributed by atoms with E-state index in [9.17, 15) is 19.5 Å². The number of carboxylic acids is 1. The summed E-state index contributed by atoms with van der Waals surface area (Å²) in [4.78, 5) is 45.8. The van der Waals surface area contributed by atoms with E-state index >= 15 is 0 Å². The molecule has 1 saturated carbocycles. The summed E-state index contributed by atoms with van der Waals surface area (Å²) in [6.45, 7) is 3.15. The number of fused-ring (bicyclic) bond motifs is 1. The highest BCUT2D eigenvalue weighted by molar-refractivity contribution is 5.96. The summed E-state index contributed by atoms with van der Waals surface area (Å²) in [6, 6.07) is 15.4. The molecule has 0 atom stereocenters. The highest BCUT2D eigenvalue weighted by atomic mass is 16.4. The van der Waals surface area contributed by atoms with Crippen LogP contribution in [0.3, 0.4) is 0 Å². The minimum absolute atomic E-state index is 0.0527. The fourth-order valence-corrected chi connectivity index (χ4v) is 6.06.